The highest BCUT2D eigenvalue weighted by atomic mass is 35.5. The van der Waals surface area contributed by atoms with Crippen LogP contribution in [0.2, 0.25) is 5.02 Å². The number of nitrogens with zero attached hydrogens (tertiary/aromatic N) is 1. The third-order valence-corrected chi connectivity index (χ3v) is 5.80. The van der Waals surface area contributed by atoms with Gasteiger partial charge in [-0.05, 0) is 44.4 Å². The van der Waals surface area contributed by atoms with Crippen molar-refractivity contribution in [1.82, 2.24) is 10.2 Å². The molecule has 0 spiro atoms. The number of amides is 2. The van der Waals surface area contributed by atoms with Gasteiger partial charge in [0.2, 0.25) is 5.91 Å². The lowest BCUT2D eigenvalue weighted by atomic mass is 10.1. The highest BCUT2D eigenvalue weighted by Crippen LogP contribution is 2.23. The quantitative estimate of drug-likeness (QED) is 0.673. The van der Waals surface area contributed by atoms with Gasteiger partial charge in [-0.15, -0.1) is 0 Å². The first-order valence-corrected chi connectivity index (χ1v) is 10.8. The Morgan fingerprint density at radius 3 is 2.60 bits per heavy atom. The standard InChI is InChI=1S/C24H29ClN2O3/c1-17-8-7-9-19(14-17)15-27(18(2)24(29)26-20-10-3-4-11-20)23(28)16-30-22-13-6-5-12-21(22)25/h5-9,12-14,18,20H,3-4,10-11,15-16H2,1-2H3,(H,26,29)/t18-/m1/s1. The number of rotatable bonds is 8. The minimum atomic E-state index is -0.603. The summed E-state index contributed by atoms with van der Waals surface area (Å²) in [5, 5.41) is 3.55. The molecule has 2 aromatic rings. The summed E-state index contributed by atoms with van der Waals surface area (Å²) in [6.45, 7) is 3.93. The van der Waals surface area contributed by atoms with Gasteiger partial charge in [-0.2, -0.15) is 0 Å². The van der Waals surface area contributed by atoms with Gasteiger partial charge in [0.15, 0.2) is 6.61 Å². The molecule has 2 aromatic carbocycles. The molecule has 1 saturated carbocycles. The molecule has 1 N–H and O–H groups in total. The van der Waals surface area contributed by atoms with E-state index >= 15 is 0 Å². The van der Waals surface area contributed by atoms with E-state index in [4.69, 9.17) is 16.3 Å². The van der Waals surface area contributed by atoms with Gasteiger partial charge in [0.25, 0.3) is 5.91 Å². The Hall–Kier alpha value is -2.53. The minimum Gasteiger partial charge on any atom is -0.482 e. The molecule has 2 amide bonds. The van der Waals surface area contributed by atoms with Crippen molar-refractivity contribution in [2.24, 2.45) is 0 Å². The monoisotopic (exact) mass is 428 g/mol. The number of nitrogens with one attached hydrogen (secondary N) is 1. The van der Waals surface area contributed by atoms with Gasteiger partial charge < -0.3 is 15.0 Å². The summed E-state index contributed by atoms with van der Waals surface area (Å²) in [5.41, 5.74) is 2.08. The van der Waals surface area contributed by atoms with Gasteiger partial charge in [0, 0.05) is 12.6 Å². The molecule has 6 heteroatoms. The first-order valence-electron chi connectivity index (χ1n) is 10.5. The molecule has 0 radical (unpaired) electrons. The summed E-state index contributed by atoms with van der Waals surface area (Å²) in [4.78, 5) is 27.5. The molecule has 0 heterocycles. The predicted octanol–water partition coefficient (Wildman–Crippen LogP) is 4.50. The van der Waals surface area contributed by atoms with Gasteiger partial charge in [0.1, 0.15) is 11.8 Å². The number of ether oxygens (including phenoxy) is 1. The fraction of sp³-hybridized carbons (Fsp3) is 0.417. The molecule has 0 aromatic heterocycles. The second kappa shape index (κ2) is 10.5. The zero-order valence-corrected chi connectivity index (χ0v) is 18.3. The Kier molecular flexibility index (Phi) is 7.75. The first-order chi connectivity index (χ1) is 14.4. The van der Waals surface area contributed by atoms with E-state index in [1.165, 1.54) is 0 Å². The van der Waals surface area contributed by atoms with Crippen molar-refractivity contribution in [2.45, 2.75) is 58.2 Å². The average molecular weight is 429 g/mol. The third-order valence-electron chi connectivity index (χ3n) is 5.49. The number of hydrogen-bond donors (Lipinski definition) is 1. The predicted molar refractivity (Wildman–Crippen MR) is 119 cm³/mol. The van der Waals surface area contributed by atoms with E-state index in [0.29, 0.717) is 17.3 Å². The van der Waals surface area contributed by atoms with Crippen LogP contribution in [0.3, 0.4) is 0 Å². The van der Waals surface area contributed by atoms with Crippen LogP contribution in [-0.4, -0.2) is 35.4 Å². The summed E-state index contributed by atoms with van der Waals surface area (Å²) in [5.74, 6) is 0.0669. The van der Waals surface area contributed by atoms with Crippen LogP contribution in [0.4, 0.5) is 0 Å². The Labute approximate surface area is 183 Å². The van der Waals surface area contributed by atoms with Crippen molar-refractivity contribution in [3.63, 3.8) is 0 Å². The molecular formula is C24H29ClN2O3. The fourth-order valence-electron chi connectivity index (χ4n) is 3.77. The molecule has 1 fully saturated rings. The second-order valence-electron chi connectivity index (χ2n) is 7.90. The summed E-state index contributed by atoms with van der Waals surface area (Å²) in [7, 11) is 0. The largest absolute Gasteiger partial charge is 0.482 e. The molecule has 30 heavy (non-hydrogen) atoms. The van der Waals surface area contributed by atoms with Crippen LogP contribution in [-0.2, 0) is 16.1 Å². The normalized spacial score (nSPS) is 14.9. The molecule has 1 atom stereocenters. The van der Waals surface area contributed by atoms with Crippen LogP contribution >= 0.6 is 11.6 Å². The maximum Gasteiger partial charge on any atom is 0.261 e. The molecule has 5 nitrogen and oxygen atoms in total. The van der Waals surface area contributed by atoms with Crippen molar-refractivity contribution >= 4 is 23.4 Å². The van der Waals surface area contributed by atoms with Crippen LogP contribution in [0.5, 0.6) is 5.75 Å². The van der Waals surface area contributed by atoms with Crippen LogP contribution in [0, 0.1) is 6.92 Å². The Morgan fingerprint density at radius 2 is 1.90 bits per heavy atom. The van der Waals surface area contributed by atoms with E-state index in [2.05, 4.69) is 5.32 Å². The summed E-state index contributed by atoms with van der Waals surface area (Å²) in [6.07, 6.45) is 4.27. The van der Waals surface area contributed by atoms with Crippen molar-refractivity contribution in [2.75, 3.05) is 6.61 Å². The highest BCUT2D eigenvalue weighted by Gasteiger charge is 2.28. The summed E-state index contributed by atoms with van der Waals surface area (Å²) >= 11 is 6.13. The third kappa shape index (κ3) is 5.99. The molecule has 0 saturated heterocycles. The minimum absolute atomic E-state index is 0.124. The molecular weight excluding hydrogens is 400 g/mol. The maximum absolute atomic E-state index is 13.1. The molecule has 3 rings (SSSR count). The average Bonchev–Trinajstić information content (AvgIpc) is 3.24. The lowest BCUT2D eigenvalue weighted by Gasteiger charge is -2.29. The Balaban J connectivity index is 1.72. The van der Waals surface area contributed by atoms with Crippen molar-refractivity contribution in [3.05, 3.63) is 64.7 Å². The van der Waals surface area contributed by atoms with Crippen LogP contribution in [0.25, 0.3) is 0 Å². The molecule has 0 unspecified atom stereocenters. The van der Waals surface area contributed by atoms with Gasteiger partial charge in [-0.3, -0.25) is 9.59 Å². The molecule has 1 aliphatic carbocycles. The Bertz CT molecular complexity index is 880. The molecule has 160 valence electrons. The molecule has 0 aliphatic heterocycles. The van der Waals surface area contributed by atoms with E-state index in [0.717, 1.165) is 36.8 Å². The number of carbonyl (C=O) groups excluding carboxylic acids is 2. The highest BCUT2D eigenvalue weighted by molar-refractivity contribution is 6.32. The topological polar surface area (TPSA) is 58.6 Å². The van der Waals surface area contributed by atoms with Gasteiger partial charge in [-0.1, -0.05) is 66.4 Å². The van der Waals surface area contributed by atoms with Gasteiger partial charge >= 0.3 is 0 Å². The number of hydrogen-bond acceptors (Lipinski definition) is 3. The number of carbonyl (C=O) groups is 2. The SMILES string of the molecule is Cc1cccc(CN(C(=O)COc2ccccc2Cl)[C@H](C)C(=O)NC2CCCC2)c1. The molecule has 0 bridgehead atoms. The van der Waals surface area contributed by atoms with Crippen LogP contribution in [0.1, 0.15) is 43.7 Å². The number of halogens is 1. The number of benzene rings is 2. The zero-order valence-electron chi connectivity index (χ0n) is 17.6. The lowest BCUT2D eigenvalue weighted by Crippen LogP contribution is -2.50. The fourth-order valence-corrected chi connectivity index (χ4v) is 3.96. The van der Waals surface area contributed by atoms with Crippen LogP contribution < -0.4 is 10.1 Å². The summed E-state index contributed by atoms with van der Waals surface area (Å²) < 4.78 is 5.65. The van der Waals surface area contributed by atoms with Crippen LogP contribution in [0.15, 0.2) is 48.5 Å². The Morgan fingerprint density at radius 1 is 1.17 bits per heavy atom. The number of para-hydroxylation sites is 1. The van der Waals surface area contributed by atoms with E-state index in [9.17, 15) is 9.59 Å². The van der Waals surface area contributed by atoms with Gasteiger partial charge in [0.05, 0.1) is 5.02 Å². The lowest BCUT2D eigenvalue weighted by molar-refractivity contribution is -0.142. The number of aryl methyl sites for hydroxylation is 1. The maximum atomic E-state index is 13.1. The van der Waals surface area contributed by atoms with E-state index < -0.39 is 6.04 Å². The smallest absolute Gasteiger partial charge is 0.261 e. The van der Waals surface area contributed by atoms with Crippen molar-refractivity contribution in [3.8, 4) is 5.75 Å². The molecule has 1 aliphatic rings. The van der Waals surface area contributed by atoms with E-state index in [-0.39, 0.29) is 24.5 Å². The first kappa shape index (κ1) is 22.2. The van der Waals surface area contributed by atoms with E-state index in [1.54, 1.807) is 36.1 Å². The van der Waals surface area contributed by atoms with Crippen molar-refractivity contribution < 1.29 is 14.3 Å². The van der Waals surface area contributed by atoms with E-state index in [1.807, 2.05) is 31.2 Å². The van der Waals surface area contributed by atoms with Crippen molar-refractivity contribution in [1.29, 1.82) is 0 Å². The van der Waals surface area contributed by atoms with Gasteiger partial charge in [-0.25, -0.2) is 0 Å². The zero-order chi connectivity index (χ0) is 21.5. The second-order valence-corrected chi connectivity index (χ2v) is 8.30. The summed E-state index contributed by atoms with van der Waals surface area (Å²) in [6, 6.07) is 14.6.